The highest BCUT2D eigenvalue weighted by Crippen LogP contribution is 2.27. The Balaban J connectivity index is 2.28. The van der Waals surface area contributed by atoms with E-state index in [1.54, 1.807) is 6.07 Å². The standard InChI is InChI=1S/C12H15FN2O/c1-2-3-9-7-12(16)15-10-5-4-8(13)6-11(10)14-9/h4-6,9,14H,2-3,7H2,1H3,(H,15,16). The fourth-order valence-corrected chi connectivity index (χ4v) is 1.96. The summed E-state index contributed by atoms with van der Waals surface area (Å²) >= 11 is 0. The molecule has 2 rings (SSSR count). The van der Waals surface area contributed by atoms with Gasteiger partial charge >= 0.3 is 0 Å². The van der Waals surface area contributed by atoms with Crippen LogP contribution in [-0.2, 0) is 4.79 Å². The summed E-state index contributed by atoms with van der Waals surface area (Å²) < 4.78 is 13.1. The molecule has 0 radical (unpaired) electrons. The molecule has 0 aromatic heterocycles. The molecule has 1 atom stereocenters. The molecule has 0 bridgehead atoms. The van der Waals surface area contributed by atoms with Crippen molar-refractivity contribution in [2.24, 2.45) is 0 Å². The van der Waals surface area contributed by atoms with Crippen LogP contribution in [0.2, 0.25) is 0 Å². The normalized spacial score (nSPS) is 19.4. The van der Waals surface area contributed by atoms with Gasteiger partial charge in [0, 0.05) is 12.5 Å². The molecule has 0 saturated carbocycles. The largest absolute Gasteiger partial charge is 0.380 e. The summed E-state index contributed by atoms with van der Waals surface area (Å²) in [6.07, 6.45) is 2.34. The number of rotatable bonds is 2. The summed E-state index contributed by atoms with van der Waals surface area (Å²) in [5, 5.41) is 5.98. The average molecular weight is 222 g/mol. The Morgan fingerprint density at radius 2 is 2.25 bits per heavy atom. The van der Waals surface area contributed by atoms with Crippen molar-refractivity contribution in [3.8, 4) is 0 Å². The third-order valence-corrected chi connectivity index (χ3v) is 2.68. The van der Waals surface area contributed by atoms with Crippen LogP contribution in [0.5, 0.6) is 0 Å². The highest BCUT2D eigenvalue weighted by atomic mass is 19.1. The smallest absolute Gasteiger partial charge is 0.226 e. The lowest BCUT2D eigenvalue weighted by Gasteiger charge is -2.15. The Kier molecular flexibility index (Phi) is 3.08. The van der Waals surface area contributed by atoms with Gasteiger partial charge < -0.3 is 10.6 Å². The lowest BCUT2D eigenvalue weighted by molar-refractivity contribution is -0.116. The van der Waals surface area contributed by atoms with Crippen LogP contribution in [0.3, 0.4) is 0 Å². The number of anilines is 2. The van der Waals surface area contributed by atoms with Gasteiger partial charge in [0.2, 0.25) is 5.91 Å². The van der Waals surface area contributed by atoms with Crippen LogP contribution in [0, 0.1) is 5.82 Å². The van der Waals surface area contributed by atoms with E-state index in [2.05, 4.69) is 17.6 Å². The minimum absolute atomic E-state index is 0.0173. The van der Waals surface area contributed by atoms with E-state index in [-0.39, 0.29) is 17.8 Å². The predicted molar refractivity (Wildman–Crippen MR) is 62.0 cm³/mol. The first-order valence-electron chi connectivity index (χ1n) is 5.55. The summed E-state index contributed by atoms with van der Waals surface area (Å²) in [6.45, 7) is 2.07. The van der Waals surface area contributed by atoms with Crippen LogP contribution in [0.15, 0.2) is 18.2 Å². The maximum atomic E-state index is 13.1. The summed E-state index contributed by atoms with van der Waals surface area (Å²) in [5.41, 5.74) is 1.33. The molecule has 86 valence electrons. The van der Waals surface area contributed by atoms with Crippen LogP contribution in [0.1, 0.15) is 26.2 Å². The zero-order chi connectivity index (χ0) is 11.5. The zero-order valence-electron chi connectivity index (χ0n) is 9.22. The summed E-state index contributed by atoms with van der Waals surface area (Å²) in [4.78, 5) is 11.6. The summed E-state index contributed by atoms with van der Waals surface area (Å²) in [7, 11) is 0. The third kappa shape index (κ3) is 2.32. The first-order chi connectivity index (χ1) is 7.69. The number of carbonyl (C=O) groups excluding carboxylic acids is 1. The van der Waals surface area contributed by atoms with Gasteiger partial charge in [0.05, 0.1) is 11.4 Å². The van der Waals surface area contributed by atoms with E-state index in [0.29, 0.717) is 17.8 Å². The van der Waals surface area contributed by atoms with Crippen LogP contribution in [0.25, 0.3) is 0 Å². The molecule has 1 aromatic carbocycles. The Morgan fingerprint density at radius 3 is 3.00 bits per heavy atom. The quantitative estimate of drug-likeness (QED) is 0.807. The molecule has 1 amide bonds. The predicted octanol–water partition coefficient (Wildman–Crippen LogP) is 2.75. The maximum Gasteiger partial charge on any atom is 0.226 e. The summed E-state index contributed by atoms with van der Waals surface area (Å²) in [6, 6.07) is 4.45. The van der Waals surface area contributed by atoms with Crippen molar-refractivity contribution >= 4 is 17.3 Å². The van der Waals surface area contributed by atoms with Crippen molar-refractivity contribution in [2.75, 3.05) is 10.6 Å². The van der Waals surface area contributed by atoms with Gasteiger partial charge in [0.1, 0.15) is 5.82 Å². The Hall–Kier alpha value is -1.58. The number of hydrogen-bond acceptors (Lipinski definition) is 2. The fourth-order valence-electron chi connectivity index (χ4n) is 1.96. The molecule has 0 aliphatic carbocycles. The Bertz CT molecular complexity index is 406. The van der Waals surface area contributed by atoms with E-state index in [0.717, 1.165) is 12.8 Å². The molecule has 0 saturated heterocycles. The molecule has 2 N–H and O–H groups in total. The van der Waals surface area contributed by atoms with E-state index >= 15 is 0 Å². The Morgan fingerprint density at radius 1 is 1.44 bits per heavy atom. The van der Waals surface area contributed by atoms with E-state index in [1.165, 1.54) is 12.1 Å². The monoisotopic (exact) mass is 222 g/mol. The van der Waals surface area contributed by atoms with E-state index in [4.69, 9.17) is 0 Å². The molecule has 1 unspecified atom stereocenters. The zero-order valence-corrected chi connectivity index (χ0v) is 9.22. The first-order valence-corrected chi connectivity index (χ1v) is 5.55. The highest BCUT2D eigenvalue weighted by Gasteiger charge is 2.20. The number of amides is 1. The number of fused-ring (bicyclic) bond motifs is 1. The molecule has 1 aromatic rings. The van der Waals surface area contributed by atoms with Gasteiger partial charge in [-0.15, -0.1) is 0 Å². The van der Waals surface area contributed by atoms with Gasteiger partial charge in [-0.1, -0.05) is 13.3 Å². The molecule has 0 fully saturated rings. The van der Waals surface area contributed by atoms with Crippen molar-refractivity contribution in [1.82, 2.24) is 0 Å². The highest BCUT2D eigenvalue weighted by molar-refractivity contribution is 5.96. The number of carbonyl (C=O) groups is 1. The van der Waals surface area contributed by atoms with Gasteiger partial charge in [-0.3, -0.25) is 4.79 Å². The average Bonchev–Trinajstić information content (AvgIpc) is 2.36. The van der Waals surface area contributed by atoms with Crippen LogP contribution < -0.4 is 10.6 Å². The maximum absolute atomic E-state index is 13.1. The van der Waals surface area contributed by atoms with Crippen molar-refractivity contribution in [1.29, 1.82) is 0 Å². The number of halogens is 1. The minimum atomic E-state index is -0.294. The van der Waals surface area contributed by atoms with Gasteiger partial charge in [-0.25, -0.2) is 4.39 Å². The molecule has 3 nitrogen and oxygen atoms in total. The molecule has 16 heavy (non-hydrogen) atoms. The second kappa shape index (κ2) is 4.51. The summed E-state index contributed by atoms with van der Waals surface area (Å²) in [5.74, 6) is -0.311. The molecule has 1 aliphatic rings. The lowest BCUT2D eigenvalue weighted by atomic mass is 10.1. The van der Waals surface area contributed by atoms with Crippen molar-refractivity contribution in [3.63, 3.8) is 0 Å². The number of benzene rings is 1. The molecular formula is C12H15FN2O. The number of nitrogens with one attached hydrogen (secondary N) is 2. The topological polar surface area (TPSA) is 41.1 Å². The second-order valence-corrected chi connectivity index (χ2v) is 4.07. The van der Waals surface area contributed by atoms with Gasteiger partial charge in [0.15, 0.2) is 0 Å². The Labute approximate surface area is 94.0 Å². The van der Waals surface area contributed by atoms with Gasteiger partial charge in [0.25, 0.3) is 0 Å². The van der Waals surface area contributed by atoms with Crippen molar-refractivity contribution in [3.05, 3.63) is 24.0 Å². The van der Waals surface area contributed by atoms with E-state index in [9.17, 15) is 9.18 Å². The fraction of sp³-hybridized carbons (Fsp3) is 0.417. The van der Waals surface area contributed by atoms with Crippen LogP contribution >= 0.6 is 0 Å². The molecule has 1 aliphatic heterocycles. The molecule has 0 spiro atoms. The first kappa shape index (κ1) is 10.9. The molecule has 1 heterocycles. The SMILES string of the molecule is CCCC1CC(=O)Nc2ccc(F)cc2N1. The van der Waals surface area contributed by atoms with Crippen LogP contribution in [-0.4, -0.2) is 11.9 Å². The third-order valence-electron chi connectivity index (χ3n) is 2.68. The van der Waals surface area contributed by atoms with Crippen LogP contribution in [0.4, 0.5) is 15.8 Å². The second-order valence-electron chi connectivity index (χ2n) is 4.07. The van der Waals surface area contributed by atoms with Gasteiger partial charge in [-0.2, -0.15) is 0 Å². The molecule has 4 heteroatoms. The lowest BCUT2D eigenvalue weighted by Crippen LogP contribution is -2.22. The van der Waals surface area contributed by atoms with E-state index < -0.39 is 0 Å². The van der Waals surface area contributed by atoms with Crippen molar-refractivity contribution < 1.29 is 9.18 Å². The minimum Gasteiger partial charge on any atom is -0.380 e. The molecular weight excluding hydrogens is 207 g/mol. The van der Waals surface area contributed by atoms with E-state index in [1.807, 2.05) is 0 Å². The van der Waals surface area contributed by atoms with Gasteiger partial charge in [-0.05, 0) is 24.6 Å². The number of hydrogen-bond donors (Lipinski definition) is 2. The van der Waals surface area contributed by atoms with Crippen molar-refractivity contribution in [2.45, 2.75) is 32.2 Å².